The summed E-state index contributed by atoms with van der Waals surface area (Å²) >= 11 is 6.12. The van der Waals surface area contributed by atoms with E-state index in [1.54, 1.807) is 25.1 Å². The maximum Gasteiger partial charge on any atom is 0.207 e. The largest absolute Gasteiger partial charge is 0.291 e. The zero-order chi connectivity index (χ0) is 14.0. The molecule has 3 nitrogen and oxygen atoms in total. The molecule has 0 unspecified atom stereocenters. The highest BCUT2D eigenvalue weighted by Gasteiger charge is 2.46. The van der Waals surface area contributed by atoms with Gasteiger partial charge in [-0.3, -0.25) is 4.79 Å². The predicted octanol–water partition coefficient (Wildman–Crippen LogP) is 2.96. The van der Waals surface area contributed by atoms with Crippen molar-refractivity contribution in [2.24, 2.45) is 0 Å². The summed E-state index contributed by atoms with van der Waals surface area (Å²) in [6.07, 6.45) is 0.0531. The van der Waals surface area contributed by atoms with Gasteiger partial charge in [0.1, 0.15) is 0 Å². The first-order chi connectivity index (χ1) is 8.28. The van der Waals surface area contributed by atoms with Gasteiger partial charge in [0.25, 0.3) is 0 Å². The molecular weight excluding hydrogens is 272 g/mol. The fourth-order valence-electron chi connectivity index (χ4n) is 1.75. The van der Waals surface area contributed by atoms with E-state index < -0.39 is 19.8 Å². The van der Waals surface area contributed by atoms with Crippen molar-refractivity contribution in [3.05, 3.63) is 35.4 Å². The molecule has 0 heterocycles. The molecule has 0 fully saturated rings. The van der Waals surface area contributed by atoms with Gasteiger partial charge in [0.15, 0.2) is 15.6 Å². The Morgan fingerprint density at radius 2 is 1.94 bits per heavy atom. The minimum Gasteiger partial charge on any atom is -0.291 e. The maximum atomic E-state index is 12.3. The summed E-state index contributed by atoms with van der Waals surface area (Å²) in [6.45, 7) is 4.94. The van der Waals surface area contributed by atoms with E-state index in [-0.39, 0.29) is 12.2 Å². The third-order valence-corrected chi connectivity index (χ3v) is 6.31. The zero-order valence-corrected chi connectivity index (χ0v) is 12.3. The molecule has 0 aliphatic heterocycles. The molecule has 0 aromatic heterocycles. The quantitative estimate of drug-likeness (QED) is 0.618. The van der Waals surface area contributed by atoms with Crippen LogP contribution < -0.4 is 0 Å². The summed E-state index contributed by atoms with van der Waals surface area (Å²) in [6, 6.07) is 6.80. The summed E-state index contributed by atoms with van der Waals surface area (Å²) in [4.78, 5) is 12.3. The fourth-order valence-corrected chi connectivity index (χ4v) is 3.49. The molecule has 0 N–H and O–H groups in total. The number of benzene rings is 1. The number of carbonyl (C=O) groups excluding carboxylic acids is 1. The molecule has 0 spiro atoms. The second kappa shape index (κ2) is 5.41. The Kier molecular flexibility index (Phi) is 4.56. The van der Waals surface area contributed by atoms with Crippen molar-refractivity contribution in [2.45, 2.75) is 31.4 Å². The third kappa shape index (κ3) is 2.59. The lowest BCUT2D eigenvalue weighted by atomic mass is 10.0. The van der Waals surface area contributed by atoms with Crippen molar-refractivity contribution in [1.29, 1.82) is 0 Å². The topological polar surface area (TPSA) is 51.2 Å². The highest BCUT2D eigenvalue weighted by molar-refractivity contribution is 7.95. The van der Waals surface area contributed by atoms with Gasteiger partial charge in [0.2, 0.25) is 4.21 Å². The summed E-state index contributed by atoms with van der Waals surface area (Å²) in [5, 5.41) is 0. The molecular formula is C13H17ClO3S. The van der Waals surface area contributed by atoms with Crippen molar-refractivity contribution in [3.63, 3.8) is 0 Å². The normalized spacial score (nSPS) is 15.1. The van der Waals surface area contributed by atoms with Gasteiger partial charge in [-0.2, -0.15) is 0 Å². The van der Waals surface area contributed by atoms with Crippen LogP contribution in [0, 0.1) is 6.92 Å². The van der Waals surface area contributed by atoms with E-state index in [9.17, 15) is 13.2 Å². The van der Waals surface area contributed by atoms with E-state index in [4.69, 9.17) is 11.6 Å². The first-order valence-electron chi connectivity index (χ1n) is 5.81. The fraction of sp³-hybridized carbons (Fsp3) is 0.462. The smallest absolute Gasteiger partial charge is 0.207 e. The third-order valence-electron chi connectivity index (χ3n) is 2.95. The van der Waals surface area contributed by atoms with Gasteiger partial charge in [-0.25, -0.2) is 8.42 Å². The molecule has 1 aromatic carbocycles. The molecule has 5 heteroatoms. The summed E-state index contributed by atoms with van der Waals surface area (Å²) < 4.78 is 22.1. The first kappa shape index (κ1) is 15.2. The number of rotatable bonds is 5. The monoisotopic (exact) mass is 288 g/mol. The van der Waals surface area contributed by atoms with E-state index in [0.29, 0.717) is 5.56 Å². The second-order valence-corrected chi connectivity index (χ2v) is 7.56. The molecule has 1 atom stereocenters. The molecule has 0 bridgehead atoms. The van der Waals surface area contributed by atoms with Crippen LogP contribution in [-0.4, -0.2) is 24.2 Å². The Morgan fingerprint density at radius 1 is 1.33 bits per heavy atom. The standard InChI is InChI=1S/C13H17ClO3S/c1-4-13(14,18(16,17)5-2)12(15)11-8-6-7-10(3)9-11/h6-9H,4-5H2,1-3H3/t13-/m1/s1. The van der Waals surface area contributed by atoms with E-state index in [0.717, 1.165) is 5.56 Å². The van der Waals surface area contributed by atoms with Crippen molar-refractivity contribution >= 4 is 27.2 Å². The number of hydrogen-bond acceptors (Lipinski definition) is 3. The van der Waals surface area contributed by atoms with Crippen LogP contribution in [0.4, 0.5) is 0 Å². The lowest BCUT2D eigenvalue weighted by molar-refractivity contribution is 0.0970. The van der Waals surface area contributed by atoms with Gasteiger partial charge in [-0.1, -0.05) is 49.2 Å². The van der Waals surface area contributed by atoms with Gasteiger partial charge >= 0.3 is 0 Å². The average molecular weight is 289 g/mol. The molecule has 0 aliphatic rings. The van der Waals surface area contributed by atoms with Gasteiger partial charge in [0, 0.05) is 11.3 Å². The van der Waals surface area contributed by atoms with Crippen LogP contribution in [0.2, 0.25) is 0 Å². The molecule has 18 heavy (non-hydrogen) atoms. The molecule has 100 valence electrons. The Hall–Kier alpha value is -0.870. The maximum absolute atomic E-state index is 12.3. The Labute approximate surface area is 113 Å². The first-order valence-corrected chi connectivity index (χ1v) is 7.84. The SMILES string of the molecule is CC[C@](Cl)(C(=O)c1cccc(C)c1)S(=O)(=O)CC. The number of aryl methyl sites for hydroxylation is 1. The number of sulfone groups is 1. The van der Waals surface area contributed by atoms with Gasteiger partial charge in [0.05, 0.1) is 0 Å². The van der Waals surface area contributed by atoms with Crippen LogP contribution >= 0.6 is 11.6 Å². The highest BCUT2D eigenvalue weighted by Crippen LogP contribution is 2.32. The van der Waals surface area contributed by atoms with Crippen LogP contribution in [0.15, 0.2) is 24.3 Å². The van der Waals surface area contributed by atoms with E-state index in [2.05, 4.69) is 0 Å². The predicted molar refractivity (Wildman–Crippen MR) is 73.8 cm³/mol. The van der Waals surface area contributed by atoms with E-state index in [1.165, 1.54) is 6.92 Å². The van der Waals surface area contributed by atoms with Gasteiger partial charge < -0.3 is 0 Å². The van der Waals surface area contributed by atoms with Crippen molar-refractivity contribution in [2.75, 3.05) is 5.75 Å². The van der Waals surface area contributed by atoms with E-state index in [1.807, 2.05) is 13.0 Å². The Bertz CT molecular complexity index is 551. The minimum atomic E-state index is -3.65. The van der Waals surface area contributed by atoms with Crippen molar-refractivity contribution < 1.29 is 13.2 Å². The number of alkyl halides is 1. The number of carbonyl (C=O) groups is 1. The lowest BCUT2D eigenvalue weighted by Gasteiger charge is -2.23. The Morgan fingerprint density at radius 3 is 2.39 bits per heavy atom. The summed E-state index contributed by atoms with van der Waals surface area (Å²) in [5.74, 6) is -0.695. The molecule has 1 rings (SSSR count). The number of halogens is 1. The van der Waals surface area contributed by atoms with Crippen LogP contribution in [0.5, 0.6) is 0 Å². The van der Waals surface area contributed by atoms with Crippen LogP contribution in [0.3, 0.4) is 0 Å². The van der Waals surface area contributed by atoms with E-state index >= 15 is 0 Å². The second-order valence-electron chi connectivity index (χ2n) is 4.18. The average Bonchev–Trinajstić information content (AvgIpc) is 2.36. The van der Waals surface area contributed by atoms with Crippen LogP contribution in [-0.2, 0) is 9.84 Å². The lowest BCUT2D eigenvalue weighted by Crippen LogP contribution is -2.41. The summed E-state index contributed by atoms with van der Waals surface area (Å²) in [5.41, 5.74) is 1.23. The molecule has 0 saturated carbocycles. The molecule has 1 aromatic rings. The zero-order valence-electron chi connectivity index (χ0n) is 10.7. The number of Topliss-reactive ketones (excluding diaryl/α,β-unsaturated/α-hetero) is 1. The van der Waals surface area contributed by atoms with Crippen LogP contribution in [0.25, 0.3) is 0 Å². The molecule has 0 saturated heterocycles. The number of ketones is 1. The Balaban J connectivity index is 3.31. The van der Waals surface area contributed by atoms with Gasteiger partial charge in [-0.15, -0.1) is 0 Å². The van der Waals surface area contributed by atoms with Crippen molar-refractivity contribution in [3.8, 4) is 0 Å². The van der Waals surface area contributed by atoms with Crippen LogP contribution in [0.1, 0.15) is 36.2 Å². The summed E-state index contributed by atoms with van der Waals surface area (Å²) in [7, 11) is -3.65. The molecule has 0 radical (unpaired) electrons. The van der Waals surface area contributed by atoms with Gasteiger partial charge in [-0.05, 0) is 19.4 Å². The molecule has 0 amide bonds. The number of hydrogen-bond donors (Lipinski definition) is 0. The highest BCUT2D eigenvalue weighted by atomic mass is 35.5. The van der Waals surface area contributed by atoms with Crippen molar-refractivity contribution in [1.82, 2.24) is 0 Å². The molecule has 0 aliphatic carbocycles. The minimum absolute atomic E-state index is 0.0531.